The third-order valence-electron chi connectivity index (χ3n) is 1.47. The molecule has 0 spiro atoms. The molecule has 0 atom stereocenters. The van der Waals surface area contributed by atoms with E-state index in [1.165, 1.54) is 0 Å². The van der Waals surface area contributed by atoms with Crippen molar-refractivity contribution in [2.45, 2.75) is 20.7 Å². The van der Waals surface area contributed by atoms with Crippen LogP contribution in [0.15, 0.2) is 0 Å². The second kappa shape index (κ2) is 4.75. The number of aliphatic hydroxyl groups excluding tert-OH is 1. The van der Waals surface area contributed by atoms with Gasteiger partial charge in [-0.05, 0) is 6.82 Å². The highest BCUT2D eigenvalue weighted by Crippen LogP contribution is 2.13. The van der Waals surface area contributed by atoms with Crippen LogP contribution in [0, 0.1) is 5.41 Å². The molecule has 0 radical (unpaired) electrons. The highest BCUT2D eigenvalue weighted by atomic mass is 16.6. The van der Waals surface area contributed by atoms with Gasteiger partial charge in [-0.1, -0.05) is 13.8 Å². The second-order valence-electron chi connectivity index (χ2n) is 3.44. The molecule has 66 valence electrons. The maximum atomic E-state index is 8.86. The van der Waals surface area contributed by atoms with E-state index in [-0.39, 0.29) is 19.1 Å². The molecule has 0 aromatic carbocycles. The standard InChI is InChI=1S/C7H17BO3/c1-7(2,5-9)6-11-8(3)10-4/h9H,5-6H2,1-4H3. The third kappa shape index (κ3) is 5.24. The zero-order chi connectivity index (χ0) is 8.91. The molecule has 0 unspecified atom stereocenters. The topological polar surface area (TPSA) is 38.7 Å². The summed E-state index contributed by atoms with van der Waals surface area (Å²) in [6.45, 7) is 6.35. The van der Waals surface area contributed by atoms with Crippen molar-refractivity contribution in [2.75, 3.05) is 20.3 Å². The number of hydrogen-bond donors (Lipinski definition) is 1. The van der Waals surface area contributed by atoms with Gasteiger partial charge in [-0.3, -0.25) is 0 Å². The van der Waals surface area contributed by atoms with E-state index in [0.717, 1.165) is 0 Å². The molecule has 0 aromatic rings. The molecule has 0 heterocycles. The van der Waals surface area contributed by atoms with E-state index in [1.807, 2.05) is 20.7 Å². The van der Waals surface area contributed by atoms with Crippen molar-refractivity contribution in [3.8, 4) is 0 Å². The monoisotopic (exact) mass is 160 g/mol. The Kier molecular flexibility index (Phi) is 4.72. The van der Waals surface area contributed by atoms with Crippen LogP contribution in [-0.2, 0) is 9.31 Å². The van der Waals surface area contributed by atoms with E-state index in [9.17, 15) is 0 Å². The van der Waals surface area contributed by atoms with Crippen LogP contribution >= 0.6 is 0 Å². The predicted molar refractivity (Wildman–Crippen MR) is 45.4 cm³/mol. The summed E-state index contributed by atoms with van der Waals surface area (Å²) in [6.07, 6.45) is 0. The van der Waals surface area contributed by atoms with E-state index in [0.29, 0.717) is 6.61 Å². The highest BCUT2D eigenvalue weighted by molar-refractivity contribution is 6.42. The first-order valence-corrected chi connectivity index (χ1v) is 3.77. The molecule has 0 aliphatic heterocycles. The lowest BCUT2D eigenvalue weighted by atomic mass is 9.91. The van der Waals surface area contributed by atoms with E-state index >= 15 is 0 Å². The summed E-state index contributed by atoms with van der Waals surface area (Å²) in [7, 11) is 1.40. The molecular formula is C7H17BO3. The van der Waals surface area contributed by atoms with E-state index in [4.69, 9.17) is 14.4 Å². The number of hydrogen-bond acceptors (Lipinski definition) is 3. The summed E-state index contributed by atoms with van der Waals surface area (Å²) in [4.78, 5) is 0. The first kappa shape index (κ1) is 10.9. The first-order chi connectivity index (χ1) is 5.02. The molecule has 0 bridgehead atoms. The smallest absolute Gasteiger partial charge is 0.414 e. The Morgan fingerprint density at radius 2 is 2.00 bits per heavy atom. The molecule has 0 rings (SSSR count). The van der Waals surface area contributed by atoms with Gasteiger partial charge in [-0.15, -0.1) is 0 Å². The van der Waals surface area contributed by atoms with E-state index < -0.39 is 0 Å². The Labute approximate surface area is 68.8 Å². The normalized spacial score (nSPS) is 11.7. The van der Waals surface area contributed by atoms with E-state index in [1.54, 1.807) is 7.11 Å². The lowest BCUT2D eigenvalue weighted by Gasteiger charge is -2.22. The Hall–Kier alpha value is -0.0551. The fourth-order valence-corrected chi connectivity index (χ4v) is 0.457. The van der Waals surface area contributed by atoms with Crippen LogP contribution in [0.3, 0.4) is 0 Å². The van der Waals surface area contributed by atoms with Crippen LogP contribution in [0.1, 0.15) is 13.8 Å². The third-order valence-corrected chi connectivity index (χ3v) is 1.47. The van der Waals surface area contributed by atoms with Crippen LogP contribution in [0.5, 0.6) is 0 Å². The summed E-state index contributed by atoms with van der Waals surface area (Å²) < 4.78 is 10.2. The quantitative estimate of drug-likeness (QED) is 0.604. The van der Waals surface area contributed by atoms with Gasteiger partial charge in [0, 0.05) is 19.1 Å². The summed E-state index contributed by atoms with van der Waals surface area (Å²) >= 11 is 0. The number of aliphatic hydroxyl groups is 1. The molecule has 3 nitrogen and oxygen atoms in total. The fraction of sp³-hybridized carbons (Fsp3) is 1.00. The molecule has 0 aliphatic rings. The first-order valence-electron chi connectivity index (χ1n) is 3.77. The van der Waals surface area contributed by atoms with Gasteiger partial charge in [0.05, 0.1) is 6.61 Å². The fourth-order valence-electron chi connectivity index (χ4n) is 0.457. The van der Waals surface area contributed by atoms with Gasteiger partial charge >= 0.3 is 7.12 Å². The average molecular weight is 160 g/mol. The van der Waals surface area contributed by atoms with Gasteiger partial charge in [-0.25, -0.2) is 0 Å². The van der Waals surface area contributed by atoms with Crippen molar-refractivity contribution in [3.63, 3.8) is 0 Å². The molecule has 0 aromatic heterocycles. The molecule has 0 saturated carbocycles. The van der Waals surface area contributed by atoms with Crippen molar-refractivity contribution in [2.24, 2.45) is 5.41 Å². The summed E-state index contributed by atoms with van der Waals surface area (Å²) in [6, 6.07) is 0. The van der Waals surface area contributed by atoms with Crippen LogP contribution in [-0.4, -0.2) is 32.5 Å². The minimum absolute atomic E-state index is 0.128. The second-order valence-corrected chi connectivity index (χ2v) is 3.44. The van der Waals surface area contributed by atoms with Gasteiger partial charge in [0.2, 0.25) is 0 Å². The van der Waals surface area contributed by atoms with Crippen molar-refractivity contribution in [1.82, 2.24) is 0 Å². The zero-order valence-electron chi connectivity index (χ0n) is 7.76. The lowest BCUT2D eigenvalue weighted by Crippen LogP contribution is -2.28. The molecule has 0 fully saturated rings. The minimum atomic E-state index is -0.194. The number of rotatable bonds is 5. The van der Waals surface area contributed by atoms with Gasteiger partial charge in [0.1, 0.15) is 0 Å². The van der Waals surface area contributed by atoms with Crippen molar-refractivity contribution < 1.29 is 14.4 Å². The van der Waals surface area contributed by atoms with Gasteiger partial charge in [-0.2, -0.15) is 0 Å². The summed E-state index contributed by atoms with van der Waals surface area (Å²) in [5, 5.41) is 8.86. The molecule has 1 N–H and O–H groups in total. The Balaban J connectivity index is 3.52. The van der Waals surface area contributed by atoms with Gasteiger partial charge < -0.3 is 14.4 Å². The highest BCUT2D eigenvalue weighted by Gasteiger charge is 2.19. The van der Waals surface area contributed by atoms with Crippen molar-refractivity contribution in [3.05, 3.63) is 0 Å². The lowest BCUT2D eigenvalue weighted by molar-refractivity contribution is 0.0836. The Morgan fingerprint density at radius 3 is 2.36 bits per heavy atom. The largest absolute Gasteiger partial charge is 0.453 e. The summed E-state index contributed by atoms with van der Waals surface area (Å²) in [5.74, 6) is 0. The molecular weight excluding hydrogens is 143 g/mol. The molecule has 11 heavy (non-hydrogen) atoms. The molecule has 0 amide bonds. The maximum Gasteiger partial charge on any atom is 0.453 e. The zero-order valence-corrected chi connectivity index (χ0v) is 7.76. The van der Waals surface area contributed by atoms with Gasteiger partial charge in [0.15, 0.2) is 0 Å². The summed E-state index contributed by atoms with van der Waals surface area (Å²) in [5.41, 5.74) is -0.174. The predicted octanol–water partition coefficient (Wildman–Crippen LogP) is 0.786. The Morgan fingerprint density at radius 1 is 1.45 bits per heavy atom. The van der Waals surface area contributed by atoms with Crippen molar-refractivity contribution in [1.29, 1.82) is 0 Å². The average Bonchev–Trinajstić information content (AvgIpc) is 2.00. The van der Waals surface area contributed by atoms with Crippen LogP contribution in [0.4, 0.5) is 0 Å². The molecule has 0 saturated heterocycles. The van der Waals surface area contributed by atoms with Crippen LogP contribution in [0.2, 0.25) is 6.82 Å². The molecule has 4 heteroatoms. The molecule has 0 aliphatic carbocycles. The van der Waals surface area contributed by atoms with Crippen molar-refractivity contribution >= 4 is 7.12 Å². The van der Waals surface area contributed by atoms with Crippen LogP contribution in [0.25, 0.3) is 0 Å². The maximum absolute atomic E-state index is 8.86. The van der Waals surface area contributed by atoms with E-state index in [2.05, 4.69) is 0 Å². The minimum Gasteiger partial charge on any atom is -0.414 e. The van der Waals surface area contributed by atoms with Gasteiger partial charge in [0.25, 0.3) is 0 Å². The Bertz CT molecular complexity index is 106. The van der Waals surface area contributed by atoms with Crippen LogP contribution < -0.4 is 0 Å². The SMILES string of the molecule is COB(C)OCC(C)(C)CO.